The minimum absolute atomic E-state index is 0.232. The van der Waals surface area contributed by atoms with Gasteiger partial charge in [0.1, 0.15) is 10.8 Å². The van der Waals surface area contributed by atoms with Crippen molar-refractivity contribution >= 4 is 34.1 Å². The maximum Gasteiger partial charge on any atom is 0.253 e. The maximum atomic E-state index is 12.7. The van der Waals surface area contributed by atoms with Crippen LogP contribution in [-0.2, 0) is 0 Å². The van der Waals surface area contributed by atoms with Crippen LogP contribution in [0.25, 0.3) is 10.9 Å². The number of carbonyl (C=O) groups excluding carboxylic acids is 1. The third-order valence-corrected chi connectivity index (χ3v) is 5.49. The van der Waals surface area contributed by atoms with Gasteiger partial charge in [-0.15, -0.1) is 0 Å². The quantitative estimate of drug-likeness (QED) is 0.541. The highest BCUT2D eigenvalue weighted by Crippen LogP contribution is 2.35. The number of pyridine rings is 1. The van der Waals surface area contributed by atoms with Crippen molar-refractivity contribution in [1.82, 2.24) is 4.98 Å². The number of anilines is 1. The topological polar surface area (TPSA) is 97.2 Å². The van der Waals surface area contributed by atoms with E-state index in [9.17, 15) is 9.59 Å². The highest BCUT2D eigenvalue weighted by Gasteiger charge is 2.23. The molecule has 0 aliphatic heterocycles. The first-order chi connectivity index (χ1) is 13.9. The van der Waals surface area contributed by atoms with Gasteiger partial charge in [-0.05, 0) is 62.1 Å². The van der Waals surface area contributed by atoms with E-state index in [1.807, 2.05) is 31.2 Å². The van der Waals surface area contributed by atoms with E-state index < -0.39 is 5.91 Å². The molecule has 0 bridgehead atoms. The zero-order valence-corrected chi connectivity index (χ0v) is 16.8. The number of rotatable bonds is 7. The number of carbonyl (C=O) groups is 1. The molecule has 0 spiro atoms. The lowest BCUT2D eigenvalue weighted by Gasteiger charge is -2.17. The second kappa shape index (κ2) is 7.79. The Labute approximate surface area is 173 Å². The van der Waals surface area contributed by atoms with Crippen molar-refractivity contribution in [2.75, 3.05) is 11.9 Å². The van der Waals surface area contributed by atoms with Crippen LogP contribution in [0, 0.1) is 5.92 Å². The number of ether oxygens (including phenoxy) is 1. The number of benzene rings is 2. The van der Waals surface area contributed by atoms with E-state index in [-0.39, 0.29) is 11.6 Å². The Balaban J connectivity index is 1.60. The summed E-state index contributed by atoms with van der Waals surface area (Å²) in [6.45, 7) is 2.53. The summed E-state index contributed by atoms with van der Waals surface area (Å²) in [5.41, 5.74) is 7.34. The van der Waals surface area contributed by atoms with Crippen LogP contribution in [-0.4, -0.2) is 17.5 Å². The molecule has 4 rings (SSSR count). The Bertz CT molecular complexity index is 1140. The summed E-state index contributed by atoms with van der Waals surface area (Å²) < 4.78 is 5.79. The summed E-state index contributed by atoms with van der Waals surface area (Å²) in [5.74, 6) is 0.700. The zero-order chi connectivity index (χ0) is 20.5. The van der Waals surface area contributed by atoms with Crippen LogP contribution >= 0.6 is 11.6 Å². The van der Waals surface area contributed by atoms with Crippen molar-refractivity contribution in [3.8, 4) is 5.75 Å². The molecule has 7 heteroatoms. The number of hydrogen-bond acceptors (Lipinski definition) is 4. The number of aromatic nitrogens is 1. The molecule has 0 saturated heterocycles. The van der Waals surface area contributed by atoms with Gasteiger partial charge in [-0.3, -0.25) is 9.59 Å². The molecule has 1 saturated carbocycles. The van der Waals surface area contributed by atoms with Crippen LogP contribution in [0.2, 0.25) is 5.02 Å². The largest absolute Gasteiger partial charge is 0.492 e. The molecule has 29 heavy (non-hydrogen) atoms. The van der Waals surface area contributed by atoms with Gasteiger partial charge in [-0.1, -0.05) is 17.7 Å². The Morgan fingerprint density at radius 1 is 1.31 bits per heavy atom. The fraction of sp³-hybridized carbons (Fsp3) is 0.273. The Morgan fingerprint density at radius 3 is 2.83 bits per heavy atom. The third-order valence-electron chi connectivity index (χ3n) is 5.12. The molecule has 1 aliphatic carbocycles. The second-order valence-electron chi connectivity index (χ2n) is 7.46. The van der Waals surface area contributed by atoms with Crippen LogP contribution in [0.15, 0.2) is 47.3 Å². The minimum atomic E-state index is -0.501. The summed E-state index contributed by atoms with van der Waals surface area (Å²) in [6.07, 6.45) is 2.39. The van der Waals surface area contributed by atoms with Crippen molar-refractivity contribution in [2.24, 2.45) is 11.7 Å². The fourth-order valence-corrected chi connectivity index (χ4v) is 3.53. The van der Waals surface area contributed by atoms with Crippen LogP contribution in [0.1, 0.15) is 41.7 Å². The van der Waals surface area contributed by atoms with Gasteiger partial charge < -0.3 is 20.8 Å². The van der Waals surface area contributed by atoms with Crippen LogP contribution < -0.4 is 21.3 Å². The van der Waals surface area contributed by atoms with Gasteiger partial charge in [0.2, 0.25) is 5.91 Å². The van der Waals surface area contributed by atoms with Gasteiger partial charge in [-0.25, -0.2) is 0 Å². The number of aromatic amines is 1. The number of nitrogens with two attached hydrogens (primary N) is 1. The lowest BCUT2D eigenvalue weighted by Crippen LogP contribution is -2.20. The van der Waals surface area contributed by atoms with E-state index in [1.54, 1.807) is 18.2 Å². The van der Waals surface area contributed by atoms with Crippen LogP contribution in [0.3, 0.4) is 0 Å². The normalized spacial score (nSPS) is 14.6. The van der Waals surface area contributed by atoms with E-state index in [0.717, 1.165) is 5.39 Å². The molecule has 0 radical (unpaired) electrons. The SMILES string of the molecule is C[C@H](Nc1cccc(C(N)=O)c1)c1cc2ccc(OCC3CC3)c(Cl)c2[nH]c1=O. The molecule has 3 aromatic rings. The van der Waals surface area contributed by atoms with Gasteiger partial charge in [0.05, 0.1) is 18.2 Å². The van der Waals surface area contributed by atoms with E-state index >= 15 is 0 Å². The number of H-pyrrole nitrogens is 1. The third kappa shape index (κ3) is 4.22. The number of fused-ring (bicyclic) bond motifs is 1. The molecular formula is C22H22ClN3O3. The summed E-state index contributed by atoms with van der Waals surface area (Å²) >= 11 is 6.47. The molecule has 1 aromatic heterocycles. The molecule has 6 nitrogen and oxygen atoms in total. The monoisotopic (exact) mass is 411 g/mol. The van der Waals surface area contributed by atoms with Crippen molar-refractivity contribution in [3.05, 3.63) is 69.0 Å². The van der Waals surface area contributed by atoms with Crippen molar-refractivity contribution in [3.63, 3.8) is 0 Å². The molecule has 0 unspecified atom stereocenters. The fourth-order valence-electron chi connectivity index (χ4n) is 3.25. The molecule has 150 valence electrons. The summed E-state index contributed by atoms with van der Waals surface area (Å²) in [5, 5.41) is 4.48. The average molecular weight is 412 g/mol. The first kappa shape index (κ1) is 19.3. The highest BCUT2D eigenvalue weighted by molar-refractivity contribution is 6.36. The minimum Gasteiger partial charge on any atom is -0.492 e. The molecular weight excluding hydrogens is 390 g/mol. The molecule has 1 aliphatic rings. The maximum absolute atomic E-state index is 12.7. The first-order valence-corrected chi connectivity index (χ1v) is 9.95. The van der Waals surface area contributed by atoms with Gasteiger partial charge in [-0.2, -0.15) is 0 Å². The van der Waals surface area contributed by atoms with E-state index in [2.05, 4.69) is 10.3 Å². The number of amides is 1. The molecule has 4 N–H and O–H groups in total. The molecule has 1 heterocycles. The second-order valence-corrected chi connectivity index (χ2v) is 7.84. The standard InChI is InChI=1S/C22H22ClN3O3/c1-12(25-16-4-2-3-15(9-16)21(24)27)17-10-14-7-8-18(29-11-13-5-6-13)19(23)20(14)26-22(17)28/h2-4,7-10,12-13,25H,5-6,11H2,1H3,(H2,24,27)(H,26,28)/t12-/m0/s1. The average Bonchev–Trinajstić information content (AvgIpc) is 3.52. The molecule has 1 fully saturated rings. The van der Waals surface area contributed by atoms with Gasteiger partial charge in [0.15, 0.2) is 0 Å². The van der Waals surface area contributed by atoms with Crippen molar-refractivity contribution in [2.45, 2.75) is 25.8 Å². The molecule has 2 aromatic carbocycles. The number of halogens is 1. The van der Waals surface area contributed by atoms with Gasteiger partial charge in [0, 0.05) is 22.2 Å². The number of nitrogens with one attached hydrogen (secondary N) is 2. The van der Waals surface area contributed by atoms with Crippen molar-refractivity contribution in [1.29, 1.82) is 0 Å². The highest BCUT2D eigenvalue weighted by atomic mass is 35.5. The van der Waals surface area contributed by atoms with Crippen LogP contribution in [0.5, 0.6) is 5.75 Å². The predicted octanol–water partition coefficient (Wildman–Crippen LogP) is 4.24. The summed E-state index contributed by atoms with van der Waals surface area (Å²) in [4.78, 5) is 27.0. The smallest absolute Gasteiger partial charge is 0.253 e. The van der Waals surface area contributed by atoms with Gasteiger partial charge in [0.25, 0.3) is 5.56 Å². The lowest BCUT2D eigenvalue weighted by atomic mass is 10.1. The number of hydrogen-bond donors (Lipinski definition) is 3. The van der Waals surface area contributed by atoms with E-state index in [0.29, 0.717) is 45.6 Å². The lowest BCUT2D eigenvalue weighted by molar-refractivity contribution is 0.100. The summed E-state index contributed by atoms with van der Waals surface area (Å²) in [6, 6.07) is 12.1. The van der Waals surface area contributed by atoms with Crippen LogP contribution in [0.4, 0.5) is 5.69 Å². The Hall–Kier alpha value is -2.99. The summed E-state index contributed by atoms with van der Waals surface area (Å²) in [7, 11) is 0. The van der Waals surface area contributed by atoms with Gasteiger partial charge >= 0.3 is 0 Å². The van der Waals surface area contributed by atoms with Crippen molar-refractivity contribution < 1.29 is 9.53 Å². The Kier molecular flexibility index (Phi) is 5.20. The predicted molar refractivity (Wildman–Crippen MR) is 115 cm³/mol. The van der Waals surface area contributed by atoms with E-state index in [1.165, 1.54) is 12.8 Å². The molecule has 1 atom stereocenters. The first-order valence-electron chi connectivity index (χ1n) is 9.57. The molecule has 1 amide bonds. The number of primary amides is 1. The Morgan fingerprint density at radius 2 is 2.10 bits per heavy atom. The zero-order valence-electron chi connectivity index (χ0n) is 16.0. The van der Waals surface area contributed by atoms with E-state index in [4.69, 9.17) is 22.1 Å².